The molecule has 1 fully saturated rings. The number of nitrogens with zero attached hydrogens (tertiary/aromatic N) is 1. The highest BCUT2D eigenvalue weighted by Gasteiger charge is 2.21. The lowest BCUT2D eigenvalue weighted by molar-refractivity contribution is -0.136. The second-order valence-electron chi connectivity index (χ2n) is 7.28. The van der Waals surface area contributed by atoms with Crippen LogP contribution in [0.25, 0.3) is 0 Å². The van der Waals surface area contributed by atoms with Crippen LogP contribution in [0.4, 0.5) is 0 Å². The van der Waals surface area contributed by atoms with Crippen molar-refractivity contribution in [3.05, 3.63) is 63.6 Å². The molecule has 0 bridgehead atoms. The van der Waals surface area contributed by atoms with Gasteiger partial charge in [-0.25, -0.2) is 0 Å². The smallest absolute Gasteiger partial charge is 0.307 e. The second kappa shape index (κ2) is 11.7. The molecule has 0 saturated carbocycles. The number of hydrogen-bond donors (Lipinski definition) is 2. The number of thioether (sulfide) groups is 1. The number of halogens is 2. The molecule has 6 nitrogen and oxygen atoms in total. The van der Waals surface area contributed by atoms with Gasteiger partial charge in [0.2, 0.25) is 5.91 Å². The number of carboxylic acids is 1. The summed E-state index contributed by atoms with van der Waals surface area (Å²) in [6, 6.07) is 12.9. The van der Waals surface area contributed by atoms with Crippen molar-refractivity contribution in [2.75, 3.05) is 32.0 Å². The molecule has 1 aliphatic rings. The summed E-state index contributed by atoms with van der Waals surface area (Å²) < 4.78 is 5.79. The second-order valence-corrected chi connectivity index (χ2v) is 9.15. The van der Waals surface area contributed by atoms with E-state index in [2.05, 4.69) is 10.2 Å². The van der Waals surface area contributed by atoms with Crippen LogP contribution in [0.15, 0.2) is 47.4 Å². The van der Waals surface area contributed by atoms with Gasteiger partial charge in [0.15, 0.2) is 0 Å². The lowest BCUT2D eigenvalue weighted by Gasteiger charge is -2.33. The van der Waals surface area contributed by atoms with Crippen LogP contribution in [-0.4, -0.2) is 60.0 Å². The first-order valence-electron chi connectivity index (χ1n) is 9.87. The summed E-state index contributed by atoms with van der Waals surface area (Å²) in [6.07, 6.45) is -0.0738. The minimum absolute atomic E-state index is 0.00506. The molecule has 2 aromatic carbocycles. The van der Waals surface area contributed by atoms with Crippen molar-refractivity contribution in [3.8, 4) is 0 Å². The molecular weight excluding hydrogens is 459 g/mol. The number of carboxylic acid groups (broad SMARTS) is 1. The van der Waals surface area contributed by atoms with E-state index in [4.69, 9.17) is 33.0 Å². The van der Waals surface area contributed by atoms with Crippen LogP contribution in [0, 0.1) is 0 Å². The van der Waals surface area contributed by atoms with Crippen LogP contribution >= 0.6 is 35.0 Å². The largest absolute Gasteiger partial charge is 0.481 e. The molecule has 31 heavy (non-hydrogen) atoms. The summed E-state index contributed by atoms with van der Waals surface area (Å²) >= 11 is 13.5. The van der Waals surface area contributed by atoms with E-state index in [0.717, 1.165) is 35.7 Å². The molecule has 2 N–H and O–H groups in total. The van der Waals surface area contributed by atoms with Crippen molar-refractivity contribution in [3.63, 3.8) is 0 Å². The summed E-state index contributed by atoms with van der Waals surface area (Å²) in [5, 5.41) is 12.8. The first-order valence-corrected chi connectivity index (χ1v) is 11.6. The molecule has 1 atom stereocenters. The normalized spacial score (nSPS) is 16.8. The van der Waals surface area contributed by atoms with Crippen molar-refractivity contribution in [2.24, 2.45) is 0 Å². The Morgan fingerprint density at radius 3 is 2.58 bits per heavy atom. The average Bonchev–Trinajstić information content (AvgIpc) is 2.74. The molecule has 1 aliphatic heterocycles. The maximum absolute atomic E-state index is 12.2. The van der Waals surface area contributed by atoms with Gasteiger partial charge in [-0.05, 0) is 35.4 Å². The van der Waals surface area contributed by atoms with Crippen LogP contribution in [0.2, 0.25) is 10.0 Å². The van der Waals surface area contributed by atoms with Crippen molar-refractivity contribution >= 4 is 46.8 Å². The maximum atomic E-state index is 12.2. The number of aliphatic carboxylic acids is 1. The zero-order valence-electron chi connectivity index (χ0n) is 16.9. The average molecular weight is 483 g/mol. The van der Waals surface area contributed by atoms with E-state index < -0.39 is 5.97 Å². The lowest BCUT2D eigenvalue weighted by Crippen LogP contribution is -2.47. The Labute approximate surface area is 195 Å². The minimum Gasteiger partial charge on any atom is -0.481 e. The van der Waals surface area contributed by atoms with E-state index in [1.54, 1.807) is 18.2 Å². The van der Waals surface area contributed by atoms with Crippen molar-refractivity contribution in [2.45, 2.75) is 24.0 Å². The quantitative estimate of drug-likeness (QED) is 0.530. The molecule has 0 radical (unpaired) electrons. The van der Waals surface area contributed by atoms with Gasteiger partial charge in [0.25, 0.3) is 0 Å². The highest BCUT2D eigenvalue weighted by atomic mass is 35.5. The molecule has 0 unspecified atom stereocenters. The Balaban J connectivity index is 1.39. The zero-order valence-corrected chi connectivity index (χ0v) is 19.2. The van der Waals surface area contributed by atoms with E-state index in [0.29, 0.717) is 23.2 Å². The Kier molecular flexibility index (Phi) is 9.04. The van der Waals surface area contributed by atoms with Gasteiger partial charge >= 0.3 is 5.97 Å². The van der Waals surface area contributed by atoms with E-state index in [-0.39, 0.29) is 24.2 Å². The predicted molar refractivity (Wildman–Crippen MR) is 123 cm³/mol. The molecule has 9 heteroatoms. The van der Waals surface area contributed by atoms with Gasteiger partial charge < -0.3 is 15.2 Å². The van der Waals surface area contributed by atoms with Gasteiger partial charge in [-0.3, -0.25) is 14.5 Å². The molecule has 0 aromatic heterocycles. The fourth-order valence-electron chi connectivity index (χ4n) is 3.25. The number of rotatable bonds is 9. The number of nitrogens with one attached hydrogen (secondary N) is 1. The van der Waals surface area contributed by atoms with E-state index in [9.17, 15) is 9.59 Å². The summed E-state index contributed by atoms with van der Waals surface area (Å²) in [6.45, 7) is 3.35. The number of benzene rings is 2. The van der Waals surface area contributed by atoms with E-state index in [1.807, 2.05) is 24.3 Å². The Morgan fingerprint density at radius 2 is 1.87 bits per heavy atom. The van der Waals surface area contributed by atoms with Gasteiger partial charge in [0.1, 0.15) is 0 Å². The third-order valence-electron chi connectivity index (χ3n) is 4.79. The van der Waals surface area contributed by atoms with Crippen molar-refractivity contribution < 1.29 is 19.4 Å². The molecule has 1 saturated heterocycles. The van der Waals surface area contributed by atoms with Gasteiger partial charge in [-0.1, -0.05) is 41.4 Å². The number of carbonyl (C=O) groups is 2. The zero-order chi connectivity index (χ0) is 22.2. The highest BCUT2D eigenvalue weighted by Crippen LogP contribution is 2.23. The molecular formula is C22H24Cl2N2O4S. The first-order chi connectivity index (χ1) is 14.9. The maximum Gasteiger partial charge on any atom is 0.307 e. The fraction of sp³-hybridized carbons (Fsp3) is 0.364. The predicted octanol–water partition coefficient (Wildman–Crippen LogP) is 3.73. The summed E-state index contributed by atoms with van der Waals surface area (Å²) in [4.78, 5) is 26.1. The van der Waals surface area contributed by atoms with Crippen LogP contribution < -0.4 is 5.32 Å². The van der Waals surface area contributed by atoms with Crippen LogP contribution in [-0.2, 0) is 27.3 Å². The number of ether oxygens (including phenoxy) is 1. The third-order valence-corrected chi connectivity index (χ3v) is 6.54. The molecule has 1 heterocycles. The number of carbonyl (C=O) groups excluding carboxylic acids is 1. The molecule has 0 spiro atoms. The first kappa shape index (κ1) is 23.9. The monoisotopic (exact) mass is 482 g/mol. The van der Waals surface area contributed by atoms with Crippen LogP contribution in [0.5, 0.6) is 0 Å². The Bertz CT molecular complexity index is 911. The Morgan fingerprint density at radius 1 is 1.13 bits per heavy atom. The summed E-state index contributed by atoms with van der Waals surface area (Å²) in [5.41, 5.74) is 1.83. The SMILES string of the molecule is O=C(O)Cc1ccc(SCC(=O)NC[C@H]2CN(Cc3ccc(Cl)c(Cl)c3)CCO2)cc1. The fourth-order valence-corrected chi connectivity index (χ4v) is 4.30. The van der Waals surface area contributed by atoms with Gasteiger partial charge in [-0.2, -0.15) is 0 Å². The molecule has 1 amide bonds. The van der Waals surface area contributed by atoms with Gasteiger partial charge in [0.05, 0.1) is 34.9 Å². The Hall–Kier alpha value is -1.77. The van der Waals surface area contributed by atoms with E-state index in [1.165, 1.54) is 11.8 Å². The standard InChI is InChI=1S/C22H24Cl2N2O4S/c23-19-6-3-16(9-20(19)24)12-26-7-8-30-17(13-26)11-25-21(27)14-31-18-4-1-15(2-5-18)10-22(28)29/h1-6,9,17H,7-8,10-14H2,(H,25,27)(H,28,29)/t17-/m0/s1. The van der Waals surface area contributed by atoms with E-state index >= 15 is 0 Å². The van der Waals surface area contributed by atoms with Gasteiger partial charge in [-0.15, -0.1) is 11.8 Å². The number of morpholine rings is 1. The lowest BCUT2D eigenvalue weighted by atomic mass is 10.2. The minimum atomic E-state index is -0.861. The summed E-state index contributed by atoms with van der Waals surface area (Å²) in [5.74, 6) is -0.636. The third kappa shape index (κ3) is 8.01. The topological polar surface area (TPSA) is 78.9 Å². The van der Waals surface area contributed by atoms with Crippen molar-refractivity contribution in [1.29, 1.82) is 0 Å². The molecule has 3 rings (SSSR count). The van der Waals surface area contributed by atoms with Gasteiger partial charge in [0, 0.05) is 31.1 Å². The van der Waals surface area contributed by atoms with Crippen LogP contribution in [0.3, 0.4) is 0 Å². The number of amides is 1. The molecule has 2 aromatic rings. The number of hydrogen-bond acceptors (Lipinski definition) is 5. The molecule has 166 valence electrons. The van der Waals surface area contributed by atoms with Crippen LogP contribution in [0.1, 0.15) is 11.1 Å². The molecule has 0 aliphatic carbocycles. The highest BCUT2D eigenvalue weighted by molar-refractivity contribution is 8.00. The summed E-state index contributed by atoms with van der Waals surface area (Å²) in [7, 11) is 0. The van der Waals surface area contributed by atoms with Crippen molar-refractivity contribution in [1.82, 2.24) is 10.2 Å².